The number of anilines is 1. The third kappa shape index (κ3) is 3.13. The zero-order valence-electron chi connectivity index (χ0n) is 9.80. The predicted octanol–water partition coefficient (Wildman–Crippen LogP) is 1.56. The average Bonchev–Trinajstić information content (AvgIpc) is 2.41. The SMILES string of the molecule is O=C(Nc1ccccc1Cl)N1CCOC(CO)C1. The Morgan fingerprint density at radius 2 is 2.33 bits per heavy atom. The number of urea groups is 1. The molecule has 1 aliphatic rings. The number of nitrogens with zero attached hydrogens (tertiary/aromatic N) is 1. The summed E-state index contributed by atoms with van der Waals surface area (Å²) < 4.78 is 5.28. The van der Waals surface area contributed by atoms with Crippen molar-refractivity contribution in [3.05, 3.63) is 29.3 Å². The normalized spacial score (nSPS) is 19.7. The molecular formula is C12H15ClN2O3. The molecule has 1 aromatic rings. The van der Waals surface area contributed by atoms with Gasteiger partial charge in [-0.15, -0.1) is 0 Å². The maximum absolute atomic E-state index is 12.0. The van der Waals surface area contributed by atoms with Crippen molar-refractivity contribution in [2.24, 2.45) is 0 Å². The number of halogens is 1. The number of hydrogen-bond acceptors (Lipinski definition) is 3. The molecule has 1 saturated heterocycles. The van der Waals surface area contributed by atoms with Gasteiger partial charge in [0.1, 0.15) is 0 Å². The van der Waals surface area contributed by atoms with Crippen molar-refractivity contribution in [1.29, 1.82) is 0 Å². The van der Waals surface area contributed by atoms with Crippen molar-refractivity contribution >= 4 is 23.3 Å². The lowest BCUT2D eigenvalue weighted by molar-refractivity contribution is -0.0388. The van der Waals surface area contributed by atoms with Gasteiger partial charge >= 0.3 is 6.03 Å². The lowest BCUT2D eigenvalue weighted by Crippen LogP contribution is -2.48. The fourth-order valence-electron chi connectivity index (χ4n) is 1.77. The van der Waals surface area contributed by atoms with Crippen molar-refractivity contribution in [3.8, 4) is 0 Å². The van der Waals surface area contributed by atoms with Crippen molar-refractivity contribution < 1.29 is 14.6 Å². The van der Waals surface area contributed by atoms with Crippen molar-refractivity contribution in [2.75, 3.05) is 31.6 Å². The van der Waals surface area contributed by atoms with E-state index in [4.69, 9.17) is 21.4 Å². The topological polar surface area (TPSA) is 61.8 Å². The monoisotopic (exact) mass is 270 g/mol. The minimum absolute atomic E-state index is 0.0874. The van der Waals surface area contributed by atoms with Crippen LogP contribution in [-0.2, 0) is 4.74 Å². The number of carbonyl (C=O) groups is 1. The van der Waals surface area contributed by atoms with Crippen LogP contribution in [0, 0.1) is 0 Å². The van der Waals surface area contributed by atoms with E-state index in [0.29, 0.717) is 30.4 Å². The standard InChI is InChI=1S/C12H15ClN2O3/c13-10-3-1-2-4-11(10)14-12(17)15-5-6-18-9(7-15)8-16/h1-4,9,16H,5-8H2,(H,14,17). The van der Waals surface area contributed by atoms with Gasteiger partial charge in [-0.1, -0.05) is 23.7 Å². The lowest BCUT2D eigenvalue weighted by atomic mass is 10.3. The van der Waals surface area contributed by atoms with Crippen LogP contribution in [-0.4, -0.2) is 48.4 Å². The Morgan fingerprint density at radius 1 is 1.56 bits per heavy atom. The Kier molecular flexibility index (Phi) is 4.41. The van der Waals surface area contributed by atoms with Gasteiger partial charge in [-0.3, -0.25) is 0 Å². The van der Waals surface area contributed by atoms with Gasteiger partial charge in [-0.25, -0.2) is 4.79 Å². The van der Waals surface area contributed by atoms with Crippen LogP contribution in [0.2, 0.25) is 5.02 Å². The highest BCUT2D eigenvalue weighted by Gasteiger charge is 2.23. The number of morpholine rings is 1. The Balaban J connectivity index is 1.97. The maximum Gasteiger partial charge on any atom is 0.322 e. The second-order valence-electron chi connectivity index (χ2n) is 4.03. The fraction of sp³-hybridized carbons (Fsp3) is 0.417. The Bertz CT molecular complexity index is 428. The summed E-state index contributed by atoms with van der Waals surface area (Å²) in [7, 11) is 0. The van der Waals surface area contributed by atoms with E-state index >= 15 is 0 Å². The highest BCUT2D eigenvalue weighted by atomic mass is 35.5. The molecule has 0 radical (unpaired) electrons. The van der Waals surface area contributed by atoms with Crippen molar-refractivity contribution in [2.45, 2.75) is 6.10 Å². The zero-order chi connectivity index (χ0) is 13.0. The van der Waals surface area contributed by atoms with Crippen LogP contribution < -0.4 is 5.32 Å². The van der Waals surface area contributed by atoms with Crippen molar-refractivity contribution in [3.63, 3.8) is 0 Å². The van der Waals surface area contributed by atoms with Gasteiger partial charge in [0.05, 0.1) is 36.6 Å². The number of aliphatic hydroxyl groups excluding tert-OH is 1. The third-order valence-corrected chi connectivity index (χ3v) is 3.07. The molecule has 0 aliphatic carbocycles. The van der Waals surface area contributed by atoms with E-state index in [-0.39, 0.29) is 18.7 Å². The number of aliphatic hydroxyl groups is 1. The lowest BCUT2D eigenvalue weighted by Gasteiger charge is -2.32. The average molecular weight is 271 g/mol. The van der Waals surface area contributed by atoms with Crippen LogP contribution in [0.1, 0.15) is 0 Å². The number of ether oxygens (including phenoxy) is 1. The largest absolute Gasteiger partial charge is 0.394 e. The molecule has 2 N–H and O–H groups in total. The molecule has 1 aliphatic heterocycles. The molecule has 1 fully saturated rings. The summed E-state index contributed by atoms with van der Waals surface area (Å²) in [6.45, 7) is 1.23. The number of carbonyl (C=O) groups excluding carboxylic acids is 1. The fourth-order valence-corrected chi connectivity index (χ4v) is 1.95. The van der Waals surface area contributed by atoms with E-state index in [1.807, 2.05) is 0 Å². The van der Waals surface area contributed by atoms with Crippen LogP contribution in [0.4, 0.5) is 10.5 Å². The summed E-state index contributed by atoms with van der Waals surface area (Å²) in [5.41, 5.74) is 0.580. The smallest absolute Gasteiger partial charge is 0.322 e. The predicted molar refractivity (Wildman–Crippen MR) is 68.9 cm³/mol. The van der Waals surface area contributed by atoms with Gasteiger partial charge in [0.2, 0.25) is 0 Å². The molecule has 0 aromatic heterocycles. The van der Waals surface area contributed by atoms with E-state index in [9.17, 15) is 4.79 Å². The quantitative estimate of drug-likeness (QED) is 0.857. The second kappa shape index (κ2) is 6.04. The van der Waals surface area contributed by atoms with E-state index in [1.54, 1.807) is 29.2 Å². The number of amides is 2. The van der Waals surface area contributed by atoms with Crippen molar-refractivity contribution in [1.82, 2.24) is 4.90 Å². The van der Waals surface area contributed by atoms with Gasteiger partial charge in [0.25, 0.3) is 0 Å². The minimum atomic E-state index is -0.309. The zero-order valence-corrected chi connectivity index (χ0v) is 10.6. The Hall–Kier alpha value is -1.30. The van der Waals surface area contributed by atoms with E-state index in [2.05, 4.69) is 5.32 Å². The molecule has 1 heterocycles. The van der Waals surface area contributed by atoms with Crippen LogP contribution >= 0.6 is 11.6 Å². The van der Waals surface area contributed by atoms with Crippen LogP contribution in [0.3, 0.4) is 0 Å². The van der Waals surface area contributed by atoms with Gasteiger partial charge in [-0.2, -0.15) is 0 Å². The first kappa shape index (κ1) is 13.1. The molecule has 6 heteroatoms. The van der Waals surface area contributed by atoms with Crippen LogP contribution in [0.15, 0.2) is 24.3 Å². The molecule has 2 rings (SSSR count). The molecule has 2 amide bonds. The number of benzene rings is 1. The molecule has 1 unspecified atom stereocenters. The first-order valence-corrected chi connectivity index (χ1v) is 6.11. The van der Waals surface area contributed by atoms with Gasteiger partial charge in [0.15, 0.2) is 0 Å². The van der Waals surface area contributed by atoms with Crippen LogP contribution in [0.25, 0.3) is 0 Å². The summed E-state index contributed by atoms with van der Waals surface area (Å²) in [5.74, 6) is 0. The number of hydrogen-bond donors (Lipinski definition) is 2. The number of rotatable bonds is 2. The highest BCUT2D eigenvalue weighted by molar-refractivity contribution is 6.33. The van der Waals surface area contributed by atoms with E-state index < -0.39 is 0 Å². The van der Waals surface area contributed by atoms with Crippen LogP contribution in [0.5, 0.6) is 0 Å². The first-order chi connectivity index (χ1) is 8.70. The maximum atomic E-state index is 12.0. The summed E-state index contributed by atoms with van der Waals surface area (Å²) in [6.07, 6.45) is -0.309. The van der Waals surface area contributed by atoms with Gasteiger partial charge in [-0.05, 0) is 12.1 Å². The first-order valence-electron chi connectivity index (χ1n) is 5.73. The second-order valence-corrected chi connectivity index (χ2v) is 4.44. The number of nitrogens with one attached hydrogen (secondary N) is 1. The molecule has 0 saturated carbocycles. The molecule has 0 bridgehead atoms. The highest BCUT2D eigenvalue weighted by Crippen LogP contribution is 2.21. The Morgan fingerprint density at radius 3 is 3.06 bits per heavy atom. The van der Waals surface area contributed by atoms with E-state index in [1.165, 1.54) is 0 Å². The molecule has 1 atom stereocenters. The molecule has 1 aromatic carbocycles. The Labute approximate surface area is 110 Å². The summed E-state index contributed by atoms with van der Waals surface area (Å²) in [4.78, 5) is 13.6. The third-order valence-electron chi connectivity index (χ3n) is 2.75. The molecule has 0 spiro atoms. The molecule has 98 valence electrons. The minimum Gasteiger partial charge on any atom is -0.394 e. The molecule has 5 nitrogen and oxygen atoms in total. The van der Waals surface area contributed by atoms with E-state index in [0.717, 1.165) is 0 Å². The molecule has 18 heavy (non-hydrogen) atoms. The van der Waals surface area contributed by atoms with Gasteiger partial charge < -0.3 is 20.1 Å². The van der Waals surface area contributed by atoms with Gasteiger partial charge in [0, 0.05) is 6.54 Å². The summed E-state index contributed by atoms with van der Waals surface area (Å²) in [6, 6.07) is 6.83. The number of para-hydroxylation sites is 1. The summed E-state index contributed by atoms with van der Waals surface area (Å²) in [5, 5.41) is 12.3. The summed E-state index contributed by atoms with van der Waals surface area (Å²) >= 11 is 5.97. The molecular weight excluding hydrogens is 256 g/mol.